The highest BCUT2D eigenvalue weighted by Gasteiger charge is 2.39. The van der Waals surface area contributed by atoms with Crippen LogP contribution in [0.2, 0.25) is 0 Å². The lowest BCUT2D eigenvalue weighted by molar-refractivity contribution is -0.141. The quantitative estimate of drug-likeness (QED) is 0.943. The minimum absolute atomic E-state index is 0.0731. The van der Waals surface area contributed by atoms with Gasteiger partial charge in [-0.05, 0) is 38.3 Å². The van der Waals surface area contributed by atoms with Crippen LogP contribution in [0.25, 0.3) is 10.1 Å². The fraction of sp³-hybridized carbons (Fsp3) is 0.375. The van der Waals surface area contributed by atoms with Crippen LogP contribution in [0.15, 0.2) is 23.6 Å². The molecule has 1 unspecified atom stereocenters. The van der Waals surface area contributed by atoms with Crippen LogP contribution in [0, 0.1) is 6.92 Å². The van der Waals surface area contributed by atoms with E-state index < -0.39 is 12.0 Å². The van der Waals surface area contributed by atoms with Crippen LogP contribution >= 0.6 is 11.3 Å². The molecule has 2 aromatic rings. The zero-order valence-corrected chi connectivity index (χ0v) is 12.8. The van der Waals surface area contributed by atoms with Crippen molar-refractivity contribution in [3.63, 3.8) is 0 Å². The van der Waals surface area contributed by atoms with Gasteiger partial charge in [0.25, 0.3) is 5.91 Å². The van der Waals surface area contributed by atoms with Gasteiger partial charge in [0, 0.05) is 21.5 Å². The molecule has 0 bridgehead atoms. The summed E-state index contributed by atoms with van der Waals surface area (Å²) in [5.74, 6) is -1.12. The first kappa shape index (κ1) is 14.1. The first-order valence-electron chi connectivity index (χ1n) is 7.02. The molecule has 1 atom stereocenters. The molecule has 0 aliphatic heterocycles. The van der Waals surface area contributed by atoms with Gasteiger partial charge in [0.1, 0.15) is 6.04 Å². The first-order valence-corrected chi connectivity index (χ1v) is 7.90. The highest BCUT2D eigenvalue weighted by atomic mass is 32.1. The summed E-state index contributed by atoms with van der Waals surface area (Å²) in [6.07, 6.45) is 1.79. The van der Waals surface area contributed by atoms with E-state index in [0.717, 1.165) is 28.5 Å². The standard InChI is InChI=1S/C16H17NO3S/c1-9-3-6-12-13(8-21-14(12)7-9)15(18)17(11-4-5-11)10(2)16(19)20/h3,6-8,10-11H,4-5H2,1-2H3,(H,19,20). The van der Waals surface area contributed by atoms with Gasteiger partial charge in [-0.25, -0.2) is 4.79 Å². The van der Waals surface area contributed by atoms with Crippen LogP contribution in [0.4, 0.5) is 0 Å². The zero-order valence-electron chi connectivity index (χ0n) is 12.0. The molecule has 1 fully saturated rings. The van der Waals surface area contributed by atoms with Crippen molar-refractivity contribution in [2.24, 2.45) is 0 Å². The molecule has 1 aliphatic rings. The number of thiophene rings is 1. The Morgan fingerprint density at radius 3 is 2.71 bits per heavy atom. The molecule has 21 heavy (non-hydrogen) atoms. The lowest BCUT2D eigenvalue weighted by Crippen LogP contribution is -2.44. The van der Waals surface area contributed by atoms with Gasteiger partial charge in [0.2, 0.25) is 0 Å². The fourth-order valence-corrected chi connectivity index (χ4v) is 3.60. The van der Waals surface area contributed by atoms with Crippen LogP contribution in [-0.4, -0.2) is 34.0 Å². The van der Waals surface area contributed by atoms with E-state index in [1.54, 1.807) is 6.92 Å². The van der Waals surface area contributed by atoms with Crippen molar-refractivity contribution in [2.45, 2.75) is 38.8 Å². The van der Waals surface area contributed by atoms with E-state index >= 15 is 0 Å². The number of carbonyl (C=O) groups is 2. The average molecular weight is 303 g/mol. The maximum absolute atomic E-state index is 12.8. The number of aliphatic carboxylic acids is 1. The number of amides is 1. The molecule has 0 spiro atoms. The summed E-state index contributed by atoms with van der Waals surface area (Å²) >= 11 is 1.53. The summed E-state index contributed by atoms with van der Waals surface area (Å²) in [6.45, 7) is 3.60. The van der Waals surface area contributed by atoms with Crippen molar-refractivity contribution in [3.05, 3.63) is 34.7 Å². The highest BCUT2D eigenvalue weighted by Crippen LogP contribution is 2.33. The Kier molecular flexibility index (Phi) is 3.45. The number of hydrogen-bond acceptors (Lipinski definition) is 3. The lowest BCUT2D eigenvalue weighted by atomic mass is 10.1. The number of nitrogens with zero attached hydrogens (tertiary/aromatic N) is 1. The van der Waals surface area contributed by atoms with Crippen LogP contribution in [0.1, 0.15) is 35.7 Å². The summed E-state index contributed by atoms with van der Waals surface area (Å²) < 4.78 is 1.07. The molecule has 0 radical (unpaired) electrons. The fourth-order valence-electron chi connectivity index (χ4n) is 2.57. The van der Waals surface area contributed by atoms with Gasteiger partial charge < -0.3 is 10.0 Å². The van der Waals surface area contributed by atoms with Crippen molar-refractivity contribution >= 4 is 33.3 Å². The molecule has 4 nitrogen and oxygen atoms in total. The molecule has 1 saturated carbocycles. The van der Waals surface area contributed by atoms with Gasteiger partial charge in [-0.3, -0.25) is 4.79 Å². The van der Waals surface area contributed by atoms with E-state index in [1.807, 2.05) is 24.4 Å². The number of rotatable bonds is 4. The second-order valence-electron chi connectivity index (χ2n) is 5.61. The number of fused-ring (bicyclic) bond motifs is 1. The van der Waals surface area contributed by atoms with Crippen LogP contribution < -0.4 is 0 Å². The summed E-state index contributed by atoms with van der Waals surface area (Å²) in [7, 11) is 0. The van der Waals surface area contributed by atoms with Crippen molar-refractivity contribution in [2.75, 3.05) is 0 Å². The minimum atomic E-state index is -0.953. The third-order valence-electron chi connectivity index (χ3n) is 3.91. The van der Waals surface area contributed by atoms with Crippen molar-refractivity contribution in [3.8, 4) is 0 Å². The lowest BCUT2D eigenvalue weighted by Gasteiger charge is -2.26. The van der Waals surface area contributed by atoms with Gasteiger partial charge in [-0.2, -0.15) is 0 Å². The molecule has 1 aromatic heterocycles. The number of hydrogen-bond donors (Lipinski definition) is 1. The minimum Gasteiger partial charge on any atom is -0.480 e. The van der Waals surface area contributed by atoms with Gasteiger partial charge >= 0.3 is 5.97 Å². The molecule has 1 aliphatic carbocycles. The van der Waals surface area contributed by atoms with E-state index in [2.05, 4.69) is 6.07 Å². The largest absolute Gasteiger partial charge is 0.480 e. The summed E-state index contributed by atoms with van der Waals surface area (Å²) in [5.41, 5.74) is 1.77. The number of carboxylic acids is 1. The number of carbonyl (C=O) groups excluding carboxylic acids is 1. The Morgan fingerprint density at radius 2 is 2.10 bits per heavy atom. The Hall–Kier alpha value is -1.88. The normalized spacial score (nSPS) is 15.9. The number of aryl methyl sites for hydroxylation is 1. The van der Waals surface area contributed by atoms with E-state index in [-0.39, 0.29) is 11.9 Å². The number of carboxylic acid groups (broad SMARTS) is 1. The zero-order chi connectivity index (χ0) is 15.1. The van der Waals surface area contributed by atoms with Crippen molar-refractivity contribution < 1.29 is 14.7 Å². The Morgan fingerprint density at radius 1 is 1.38 bits per heavy atom. The Balaban J connectivity index is 2.00. The van der Waals surface area contributed by atoms with Crippen molar-refractivity contribution in [1.82, 2.24) is 4.90 Å². The second kappa shape index (κ2) is 5.15. The van der Waals surface area contributed by atoms with Gasteiger partial charge in [0.15, 0.2) is 0 Å². The maximum atomic E-state index is 12.8. The maximum Gasteiger partial charge on any atom is 0.326 e. The predicted octanol–water partition coefficient (Wildman–Crippen LogP) is 3.29. The predicted molar refractivity (Wildman–Crippen MR) is 82.9 cm³/mol. The molecule has 1 amide bonds. The molecule has 3 rings (SSSR count). The van der Waals surface area contributed by atoms with E-state index in [9.17, 15) is 14.7 Å². The monoisotopic (exact) mass is 303 g/mol. The van der Waals surface area contributed by atoms with E-state index in [4.69, 9.17) is 0 Å². The molecule has 5 heteroatoms. The topological polar surface area (TPSA) is 57.6 Å². The smallest absolute Gasteiger partial charge is 0.326 e. The third kappa shape index (κ3) is 2.53. The third-order valence-corrected chi connectivity index (χ3v) is 4.86. The molecule has 110 valence electrons. The second-order valence-corrected chi connectivity index (χ2v) is 6.52. The Bertz CT molecular complexity index is 717. The van der Waals surface area contributed by atoms with Gasteiger partial charge in [0.05, 0.1) is 5.56 Å². The molecule has 1 heterocycles. The summed E-state index contributed by atoms with van der Waals surface area (Å²) in [6, 6.07) is 5.27. The summed E-state index contributed by atoms with van der Waals surface area (Å²) in [4.78, 5) is 25.6. The van der Waals surface area contributed by atoms with E-state index in [1.165, 1.54) is 16.2 Å². The van der Waals surface area contributed by atoms with Crippen LogP contribution in [0.3, 0.4) is 0 Å². The van der Waals surface area contributed by atoms with Gasteiger partial charge in [-0.1, -0.05) is 12.1 Å². The van der Waals surface area contributed by atoms with Gasteiger partial charge in [-0.15, -0.1) is 11.3 Å². The number of benzene rings is 1. The Labute approximate surface area is 127 Å². The summed E-state index contributed by atoms with van der Waals surface area (Å²) in [5, 5.41) is 12.0. The molecular weight excluding hydrogens is 286 g/mol. The molecule has 0 saturated heterocycles. The molecular formula is C16H17NO3S. The SMILES string of the molecule is Cc1ccc2c(C(=O)N(C3CC3)C(C)C(=O)O)csc2c1. The molecule has 1 aromatic carbocycles. The van der Waals surface area contributed by atoms with Crippen molar-refractivity contribution in [1.29, 1.82) is 0 Å². The van der Waals surface area contributed by atoms with Crippen LogP contribution in [0.5, 0.6) is 0 Å². The first-order chi connectivity index (χ1) is 9.99. The van der Waals surface area contributed by atoms with E-state index in [0.29, 0.717) is 5.56 Å². The molecule has 1 N–H and O–H groups in total. The van der Waals surface area contributed by atoms with Crippen LogP contribution in [-0.2, 0) is 4.79 Å². The average Bonchev–Trinajstić information content (AvgIpc) is 3.17. The highest BCUT2D eigenvalue weighted by molar-refractivity contribution is 7.17.